The molecule has 4 rings (SSSR count). The van der Waals surface area contributed by atoms with Crippen LogP contribution in [0.15, 0.2) is 12.4 Å². The molecule has 2 aliphatic heterocycles. The molecule has 1 saturated carbocycles. The minimum atomic E-state index is -3.40. The summed E-state index contributed by atoms with van der Waals surface area (Å²) in [5.74, 6) is 1.42. The van der Waals surface area contributed by atoms with E-state index in [-0.39, 0.29) is 23.9 Å². The smallest absolute Gasteiger partial charge is 0.410 e. The van der Waals surface area contributed by atoms with E-state index in [1.807, 2.05) is 11.8 Å². The number of nitrogens with zero attached hydrogens (tertiary/aromatic N) is 5. The first-order valence-corrected chi connectivity index (χ1v) is 14.4. The first-order chi connectivity index (χ1) is 16.9. The highest BCUT2D eigenvalue weighted by atomic mass is 32.2. The Labute approximate surface area is 213 Å². The highest BCUT2D eigenvalue weighted by molar-refractivity contribution is 7.89. The van der Waals surface area contributed by atoms with Gasteiger partial charge in [-0.1, -0.05) is 0 Å². The van der Waals surface area contributed by atoms with Crippen LogP contribution in [-0.2, 0) is 14.8 Å². The van der Waals surface area contributed by atoms with Crippen molar-refractivity contribution in [3.8, 4) is 5.88 Å². The van der Waals surface area contributed by atoms with E-state index in [0.29, 0.717) is 63.5 Å². The van der Waals surface area contributed by atoms with Crippen molar-refractivity contribution in [2.24, 2.45) is 5.92 Å². The van der Waals surface area contributed by atoms with Crippen molar-refractivity contribution in [2.45, 2.75) is 64.1 Å². The number of piperidine rings is 1. The minimum Gasteiger partial charge on any atom is -0.476 e. The first kappa shape index (κ1) is 26.9. The summed E-state index contributed by atoms with van der Waals surface area (Å²) in [7, 11) is -3.40. The van der Waals surface area contributed by atoms with Crippen LogP contribution < -0.4 is 9.64 Å². The summed E-state index contributed by atoms with van der Waals surface area (Å²) in [5.41, 5.74) is -1.25. The largest absolute Gasteiger partial charge is 0.476 e. The second-order valence-corrected chi connectivity index (χ2v) is 13.1. The molecule has 0 atom stereocenters. The minimum absolute atomic E-state index is 0.0646. The predicted molar refractivity (Wildman–Crippen MR) is 134 cm³/mol. The van der Waals surface area contributed by atoms with Crippen LogP contribution in [0.3, 0.4) is 0 Å². The van der Waals surface area contributed by atoms with E-state index >= 15 is 0 Å². The summed E-state index contributed by atoms with van der Waals surface area (Å²) < 4.78 is 38.0. The first-order valence-electron chi connectivity index (χ1n) is 12.8. The van der Waals surface area contributed by atoms with Crippen LogP contribution in [0.4, 0.5) is 10.6 Å². The van der Waals surface area contributed by atoms with Gasteiger partial charge in [0.05, 0.1) is 30.4 Å². The number of amides is 1. The lowest BCUT2D eigenvalue weighted by Gasteiger charge is -2.35. The number of carbonyl (C=O) groups excluding carboxylic acids is 1. The quantitative estimate of drug-likeness (QED) is 0.514. The fourth-order valence-corrected chi connectivity index (χ4v) is 6.02. The Morgan fingerprint density at radius 3 is 2.33 bits per heavy atom. The molecule has 0 spiro atoms. The number of hydrogen-bond acceptors (Lipinski definition) is 9. The van der Waals surface area contributed by atoms with Gasteiger partial charge in [-0.25, -0.2) is 23.2 Å². The molecular weight excluding hydrogens is 486 g/mol. The van der Waals surface area contributed by atoms with E-state index < -0.39 is 15.6 Å². The lowest BCUT2D eigenvalue weighted by atomic mass is 9.98. The average molecular weight is 526 g/mol. The summed E-state index contributed by atoms with van der Waals surface area (Å²) in [4.78, 5) is 24.9. The van der Waals surface area contributed by atoms with Crippen molar-refractivity contribution in [1.82, 2.24) is 19.2 Å². The molecule has 1 amide bonds. The lowest BCUT2D eigenvalue weighted by Crippen LogP contribution is -2.50. The maximum Gasteiger partial charge on any atom is 0.410 e. The molecule has 3 aliphatic rings. The van der Waals surface area contributed by atoms with E-state index in [4.69, 9.17) is 9.47 Å². The molecule has 36 heavy (non-hydrogen) atoms. The van der Waals surface area contributed by atoms with Gasteiger partial charge in [0.25, 0.3) is 0 Å². The number of ether oxygens (including phenoxy) is 2. The molecular formula is C24H39N5O6S. The monoisotopic (exact) mass is 525 g/mol. The Kier molecular flexibility index (Phi) is 7.96. The molecule has 1 aromatic rings. The highest BCUT2D eigenvalue weighted by Crippen LogP contribution is 2.39. The van der Waals surface area contributed by atoms with Gasteiger partial charge < -0.3 is 24.4 Å². The van der Waals surface area contributed by atoms with Gasteiger partial charge in [-0.3, -0.25) is 0 Å². The Bertz CT molecular complexity index is 993. The Hall–Kier alpha value is -2.18. The number of carbonyl (C=O) groups is 1. The maximum absolute atomic E-state index is 12.6. The zero-order chi connectivity index (χ0) is 26.0. The van der Waals surface area contributed by atoms with Gasteiger partial charge in [0.2, 0.25) is 15.9 Å². The predicted octanol–water partition coefficient (Wildman–Crippen LogP) is 1.87. The highest BCUT2D eigenvalue weighted by Gasteiger charge is 2.43. The molecule has 3 heterocycles. The second-order valence-electron chi connectivity index (χ2n) is 11.0. The van der Waals surface area contributed by atoms with Gasteiger partial charge in [0.1, 0.15) is 11.4 Å². The molecule has 0 unspecified atom stereocenters. The Morgan fingerprint density at radius 1 is 1.11 bits per heavy atom. The normalized spacial score (nSPS) is 21.3. The molecule has 202 valence electrons. The topological polar surface area (TPSA) is 125 Å². The van der Waals surface area contributed by atoms with Gasteiger partial charge in [-0.2, -0.15) is 4.31 Å². The molecule has 1 N–H and O–H groups in total. The van der Waals surface area contributed by atoms with Crippen molar-refractivity contribution in [1.29, 1.82) is 0 Å². The average Bonchev–Trinajstić information content (AvgIpc) is 3.58. The van der Waals surface area contributed by atoms with Crippen molar-refractivity contribution < 1.29 is 27.8 Å². The summed E-state index contributed by atoms with van der Waals surface area (Å²) >= 11 is 0. The zero-order valence-electron chi connectivity index (χ0n) is 21.6. The number of hydrogen-bond donors (Lipinski definition) is 1. The molecule has 1 aliphatic carbocycles. The molecule has 1 aromatic heterocycles. The van der Waals surface area contributed by atoms with Crippen molar-refractivity contribution >= 4 is 21.9 Å². The van der Waals surface area contributed by atoms with Crippen LogP contribution in [0.1, 0.15) is 52.9 Å². The summed E-state index contributed by atoms with van der Waals surface area (Å²) in [6.07, 6.45) is 6.88. The zero-order valence-corrected chi connectivity index (χ0v) is 22.4. The fourth-order valence-electron chi connectivity index (χ4n) is 4.29. The molecule has 0 bridgehead atoms. The molecule has 0 aromatic carbocycles. The molecule has 12 heteroatoms. The summed E-state index contributed by atoms with van der Waals surface area (Å²) in [5, 5.41) is 9.84. The van der Waals surface area contributed by atoms with Crippen LogP contribution in [0.5, 0.6) is 5.88 Å². The van der Waals surface area contributed by atoms with E-state index in [9.17, 15) is 18.3 Å². The van der Waals surface area contributed by atoms with Crippen LogP contribution in [-0.4, -0.2) is 102 Å². The van der Waals surface area contributed by atoms with Crippen LogP contribution in [0.2, 0.25) is 0 Å². The molecule has 3 fully saturated rings. The van der Waals surface area contributed by atoms with Crippen molar-refractivity contribution in [3.05, 3.63) is 12.4 Å². The van der Waals surface area contributed by atoms with Gasteiger partial charge in [-0.05, 0) is 58.8 Å². The molecule has 2 saturated heterocycles. The third-order valence-electron chi connectivity index (χ3n) is 7.17. The summed E-state index contributed by atoms with van der Waals surface area (Å²) in [6, 6.07) is 0. The SMILES string of the molecule is CC(C)(O)CCS(=O)(=O)N1CCN(c2cnc(OCC3CCN(C(=O)OC4(C)CC4)CC3)cn2)CC1. The third kappa shape index (κ3) is 7.42. The van der Waals surface area contributed by atoms with Crippen molar-refractivity contribution in [3.63, 3.8) is 0 Å². The lowest BCUT2D eigenvalue weighted by molar-refractivity contribution is 0.0454. The number of piperazine rings is 1. The van der Waals surface area contributed by atoms with E-state index in [2.05, 4.69) is 9.97 Å². The number of likely N-dealkylation sites (tertiary alicyclic amines) is 1. The Balaban J connectivity index is 1.17. The van der Waals surface area contributed by atoms with E-state index in [1.165, 1.54) is 4.31 Å². The van der Waals surface area contributed by atoms with Crippen molar-refractivity contribution in [2.75, 3.05) is 56.5 Å². The maximum atomic E-state index is 12.6. The van der Waals surface area contributed by atoms with Crippen LogP contribution in [0.25, 0.3) is 0 Å². The third-order valence-corrected chi connectivity index (χ3v) is 9.04. The number of aromatic nitrogens is 2. The fraction of sp³-hybridized carbons (Fsp3) is 0.792. The number of rotatable bonds is 9. The Morgan fingerprint density at radius 2 is 1.78 bits per heavy atom. The van der Waals surface area contributed by atoms with Gasteiger partial charge in [0.15, 0.2) is 0 Å². The number of sulfonamides is 1. The number of aliphatic hydroxyl groups is 1. The van der Waals surface area contributed by atoms with Crippen LogP contribution >= 0.6 is 0 Å². The molecule has 11 nitrogen and oxygen atoms in total. The van der Waals surface area contributed by atoms with Gasteiger partial charge in [0, 0.05) is 39.3 Å². The van der Waals surface area contributed by atoms with Gasteiger partial charge in [-0.15, -0.1) is 0 Å². The second kappa shape index (κ2) is 10.7. The molecule has 0 radical (unpaired) electrons. The van der Waals surface area contributed by atoms with Gasteiger partial charge >= 0.3 is 6.09 Å². The standard InChI is InChI=1S/C24H39N5O6S/c1-23(2,31)8-15-36(32,33)29-13-11-27(12-14-29)20-16-26-21(17-25-20)34-18-19-4-9-28(10-5-19)22(30)35-24(3)6-7-24/h16-17,19,31H,4-15,18H2,1-3H3. The van der Waals surface area contributed by atoms with E-state index in [0.717, 1.165) is 25.7 Å². The number of anilines is 1. The van der Waals surface area contributed by atoms with Crippen LogP contribution in [0, 0.1) is 5.92 Å². The van der Waals surface area contributed by atoms with E-state index in [1.54, 1.807) is 31.1 Å². The summed E-state index contributed by atoms with van der Waals surface area (Å²) in [6.45, 7) is 8.87.